The number of para-hydroxylation sites is 1. The van der Waals surface area contributed by atoms with Crippen molar-refractivity contribution in [2.24, 2.45) is 0 Å². The van der Waals surface area contributed by atoms with Crippen molar-refractivity contribution in [3.05, 3.63) is 78.0 Å². The quantitative estimate of drug-likeness (QED) is 0.744. The number of imidazole rings is 1. The third-order valence-corrected chi connectivity index (χ3v) is 4.65. The summed E-state index contributed by atoms with van der Waals surface area (Å²) in [4.78, 5) is 12.4. The molecule has 3 aromatic rings. The van der Waals surface area contributed by atoms with Gasteiger partial charge < -0.3 is 4.98 Å². The standard InChI is InChI=1S/C21H20FN3/c1-21(22)13-5-4-7-17(21)19-14-23-20(25-19)12-11-16-10-9-15-6-2-3-8-18(15)24-16/h2-10,14H,11-13H2,1H3,(H,23,25). The summed E-state index contributed by atoms with van der Waals surface area (Å²) in [5, 5.41) is 1.14. The molecule has 0 saturated carbocycles. The van der Waals surface area contributed by atoms with Gasteiger partial charge >= 0.3 is 0 Å². The smallest absolute Gasteiger partial charge is 0.138 e. The normalized spacial score (nSPS) is 20.0. The number of pyridine rings is 1. The van der Waals surface area contributed by atoms with Gasteiger partial charge in [-0.05, 0) is 25.5 Å². The molecule has 1 unspecified atom stereocenters. The summed E-state index contributed by atoms with van der Waals surface area (Å²) in [5.74, 6) is 0.858. The Morgan fingerprint density at radius 2 is 2.04 bits per heavy atom. The number of nitrogens with zero attached hydrogens (tertiary/aromatic N) is 2. The van der Waals surface area contributed by atoms with E-state index in [0.29, 0.717) is 12.0 Å². The van der Waals surface area contributed by atoms with Gasteiger partial charge in [0.2, 0.25) is 0 Å². The fourth-order valence-electron chi connectivity index (χ4n) is 3.23. The third kappa shape index (κ3) is 3.25. The SMILES string of the molecule is CC1(F)CC=CC=C1c1cnc(CCc2ccc3ccccc3n2)[nH]1. The average molecular weight is 333 g/mol. The maximum Gasteiger partial charge on any atom is 0.138 e. The van der Waals surface area contributed by atoms with E-state index in [1.54, 1.807) is 13.1 Å². The Balaban J connectivity index is 1.49. The van der Waals surface area contributed by atoms with Gasteiger partial charge in [0.25, 0.3) is 0 Å². The second kappa shape index (κ2) is 6.28. The molecule has 1 N–H and O–H groups in total. The first-order chi connectivity index (χ1) is 12.1. The van der Waals surface area contributed by atoms with Crippen LogP contribution in [0.2, 0.25) is 0 Å². The lowest BCUT2D eigenvalue weighted by Gasteiger charge is -2.23. The van der Waals surface area contributed by atoms with Crippen molar-refractivity contribution in [1.29, 1.82) is 0 Å². The molecule has 3 nitrogen and oxygen atoms in total. The fourth-order valence-corrected chi connectivity index (χ4v) is 3.23. The second-order valence-electron chi connectivity index (χ2n) is 6.65. The molecular formula is C21H20FN3. The molecule has 126 valence electrons. The highest BCUT2D eigenvalue weighted by Crippen LogP contribution is 2.35. The maximum atomic E-state index is 14.7. The fraction of sp³-hybridized carbons (Fsp3) is 0.238. The van der Waals surface area contributed by atoms with Gasteiger partial charge in [-0.1, -0.05) is 42.5 Å². The number of halogens is 1. The van der Waals surface area contributed by atoms with Crippen LogP contribution in [0, 0.1) is 0 Å². The molecule has 0 bridgehead atoms. The number of fused-ring (bicyclic) bond motifs is 1. The summed E-state index contributed by atoms with van der Waals surface area (Å²) in [6.45, 7) is 1.61. The van der Waals surface area contributed by atoms with Gasteiger partial charge in [-0.15, -0.1) is 0 Å². The first kappa shape index (κ1) is 15.8. The summed E-state index contributed by atoms with van der Waals surface area (Å²) in [6, 6.07) is 12.2. The molecule has 1 aliphatic rings. The molecule has 4 rings (SSSR count). The minimum absolute atomic E-state index is 0.397. The summed E-state index contributed by atoms with van der Waals surface area (Å²) in [6.07, 6.45) is 9.25. The Bertz CT molecular complexity index is 966. The lowest BCUT2D eigenvalue weighted by atomic mass is 9.88. The molecule has 1 aromatic carbocycles. The Labute approximate surface area is 146 Å². The predicted octanol–water partition coefficient (Wildman–Crippen LogP) is 4.81. The number of rotatable bonds is 4. The number of benzene rings is 1. The number of hydrogen-bond donors (Lipinski definition) is 1. The largest absolute Gasteiger partial charge is 0.342 e. The van der Waals surface area contributed by atoms with Crippen LogP contribution in [0.4, 0.5) is 4.39 Å². The van der Waals surface area contributed by atoms with Crippen molar-refractivity contribution in [2.45, 2.75) is 31.9 Å². The van der Waals surface area contributed by atoms with Crippen molar-refractivity contribution < 1.29 is 4.39 Å². The number of allylic oxidation sites excluding steroid dienone is 4. The molecule has 25 heavy (non-hydrogen) atoms. The molecule has 1 atom stereocenters. The zero-order valence-corrected chi connectivity index (χ0v) is 14.2. The lowest BCUT2D eigenvalue weighted by molar-refractivity contribution is 0.272. The molecule has 0 amide bonds. The van der Waals surface area contributed by atoms with Crippen LogP contribution < -0.4 is 0 Å². The van der Waals surface area contributed by atoms with Crippen molar-refractivity contribution in [3.8, 4) is 0 Å². The Kier molecular flexibility index (Phi) is 3.96. The molecule has 0 saturated heterocycles. The van der Waals surface area contributed by atoms with Gasteiger partial charge in [0, 0.05) is 29.5 Å². The van der Waals surface area contributed by atoms with Gasteiger partial charge in [-0.25, -0.2) is 9.37 Å². The molecule has 0 aliphatic heterocycles. The van der Waals surface area contributed by atoms with E-state index in [1.807, 2.05) is 36.4 Å². The molecule has 2 aromatic heterocycles. The monoisotopic (exact) mass is 333 g/mol. The molecule has 4 heteroatoms. The zero-order valence-electron chi connectivity index (χ0n) is 14.2. The van der Waals surface area contributed by atoms with Crippen LogP contribution in [0.25, 0.3) is 16.5 Å². The van der Waals surface area contributed by atoms with Crippen LogP contribution in [-0.2, 0) is 12.8 Å². The van der Waals surface area contributed by atoms with Crippen molar-refractivity contribution >= 4 is 16.5 Å². The number of alkyl halides is 1. The molecule has 0 spiro atoms. The molecule has 1 aliphatic carbocycles. The summed E-state index contributed by atoms with van der Waals surface area (Å²) in [5.41, 5.74) is 2.12. The number of nitrogens with one attached hydrogen (secondary N) is 1. The number of aromatic amines is 1. The van der Waals surface area contributed by atoms with Gasteiger partial charge in [-0.3, -0.25) is 4.98 Å². The first-order valence-corrected chi connectivity index (χ1v) is 8.57. The second-order valence-corrected chi connectivity index (χ2v) is 6.65. The average Bonchev–Trinajstić information content (AvgIpc) is 3.08. The summed E-state index contributed by atoms with van der Waals surface area (Å²) in [7, 11) is 0. The van der Waals surface area contributed by atoms with E-state index < -0.39 is 5.67 Å². The number of H-pyrrole nitrogens is 1. The van der Waals surface area contributed by atoms with Gasteiger partial charge in [0.05, 0.1) is 17.4 Å². The zero-order chi connectivity index (χ0) is 17.3. The van der Waals surface area contributed by atoms with Crippen LogP contribution in [0.15, 0.2) is 60.8 Å². The Morgan fingerprint density at radius 3 is 2.92 bits per heavy atom. The highest BCUT2D eigenvalue weighted by atomic mass is 19.1. The van der Waals surface area contributed by atoms with Gasteiger partial charge in [0.15, 0.2) is 0 Å². The van der Waals surface area contributed by atoms with Crippen molar-refractivity contribution in [2.75, 3.05) is 0 Å². The highest BCUT2D eigenvalue weighted by Gasteiger charge is 2.30. The Hall–Kier alpha value is -2.75. The molecule has 2 heterocycles. The minimum Gasteiger partial charge on any atom is -0.342 e. The van der Waals surface area contributed by atoms with E-state index >= 15 is 0 Å². The number of hydrogen-bond acceptors (Lipinski definition) is 2. The van der Waals surface area contributed by atoms with Crippen molar-refractivity contribution in [1.82, 2.24) is 15.0 Å². The van der Waals surface area contributed by atoms with Crippen LogP contribution in [0.3, 0.4) is 0 Å². The predicted molar refractivity (Wildman–Crippen MR) is 99.0 cm³/mol. The van der Waals surface area contributed by atoms with Gasteiger partial charge in [-0.2, -0.15) is 0 Å². The van der Waals surface area contributed by atoms with Crippen LogP contribution >= 0.6 is 0 Å². The van der Waals surface area contributed by atoms with Crippen LogP contribution in [-0.4, -0.2) is 20.6 Å². The van der Waals surface area contributed by atoms with Crippen LogP contribution in [0.5, 0.6) is 0 Å². The lowest BCUT2D eigenvalue weighted by Crippen LogP contribution is -2.21. The summed E-state index contributed by atoms with van der Waals surface area (Å²) >= 11 is 0. The topological polar surface area (TPSA) is 41.6 Å². The minimum atomic E-state index is -1.35. The number of aromatic nitrogens is 3. The van der Waals surface area contributed by atoms with E-state index in [-0.39, 0.29) is 0 Å². The Morgan fingerprint density at radius 1 is 1.16 bits per heavy atom. The highest BCUT2D eigenvalue weighted by molar-refractivity contribution is 5.78. The van der Waals surface area contributed by atoms with E-state index in [0.717, 1.165) is 41.0 Å². The van der Waals surface area contributed by atoms with Gasteiger partial charge in [0.1, 0.15) is 11.5 Å². The molecule has 0 radical (unpaired) electrons. The number of aryl methyl sites for hydroxylation is 2. The molecular weight excluding hydrogens is 313 g/mol. The van der Waals surface area contributed by atoms with E-state index in [2.05, 4.69) is 33.2 Å². The van der Waals surface area contributed by atoms with E-state index in [9.17, 15) is 4.39 Å². The molecule has 0 fully saturated rings. The van der Waals surface area contributed by atoms with Crippen molar-refractivity contribution in [3.63, 3.8) is 0 Å². The summed E-state index contributed by atoms with van der Waals surface area (Å²) < 4.78 is 14.7. The maximum absolute atomic E-state index is 14.7. The van der Waals surface area contributed by atoms with Crippen LogP contribution in [0.1, 0.15) is 30.6 Å². The van der Waals surface area contributed by atoms with E-state index in [4.69, 9.17) is 0 Å². The van der Waals surface area contributed by atoms with E-state index in [1.165, 1.54) is 0 Å². The first-order valence-electron chi connectivity index (χ1n) is 8.57. The third-order valence-electron chi connectivity index (χ3n) is 4.65.